The van der Waals surface area contributed by atoms with Gasteiger partial charge in [0.05, 0.1) is 35.7 Å². The Morgan fingerprint density at radius 1 is 1.14 bits per heavy atom. The highest BCUT2D eigenvalue weighted by atomic mass is 35.5. The van der Waals surface area contributed by atoms with Crippen LogP contribution in [0.1, 0.15) is 13.8 Å². The summed E-state index contributed by atoms with van der Waals surface area (Å²) < 4.78 is 22.1. The number of hydrogen-bond donors (Lipinski definition) is 3. The van der Waals surface area contributed by atoms with Crippen molar-refractivity contribution in [3.63, 3.8) is 0 Å². The number of alkyl carbamates (subject to hydrolysis) is 1. The van der Waals surface area contributed by atoms with Gasteiger partial charge in [-0.2, -0.15) is 4.99 Å². The van der Waals surface area contributed by atoms with Crippen molar-refractivity contribution in [1.82, 2.24) is 24.7 Å². The lowest BCUT2D eigenvalue weighted by Crippen LogP contribution is -2.53. The summed E-state index contributed by atoms with van der Waals surface area (Å²) in [6.45, 7) is 5.49. The number of halogens is 2. The molecular formula is C24H29ClFN7O4. The van der Waals surface area contributed by atoms with E-state index in [4.69, 9.17) is 16.3 Å². The molecule has 3 aliphatic heterocycles. The van der Waals surface area contributed by atoms with Crippen LogP contribution in [-0.2, 0) is 18.3 Å². The van der Waals surface area contributed by atoms with Crippen molar-refractivity contribution in [3.05, 3.63) is 49.8 Å². The summed E-state index contributed by atoms with van der Waals surface area (Å²) in [5.74, 6) is 0.812. The number of nitrogens with one attached hydrogen (secondary N) is 3. The van der Waals surface area contributed by atoms with Crippen LogP contribution in [0, 0.1) is 11.8 Å². The van der Waals surface area contributed by atoms with Crippen LogP contribution in [0.25, 0.3) is 11.0 Å². The molecule has 3 aliphatic rings. The number of cyclic esters (lactones) is 1. The molecule has 4 heterocycles. The van der Waals surface area contributed by atoms with Crippen LogP contribution in [0.2, 0.25) is 0 Å². The van der Waals surface area contributed by atoms with Gasteiger partial charge in [0.1, 0.15) is 12.3 Å². The number of ether oxygens (including phenoxy) is 1. The number of amides is 1. The van der Waals surface area contributed by atoms with Gasteiger partial charge < -0.3 is 30.2 Å². The predicted molar refractivity (Wildman–Crippen MR) is 138 cm³/mol. The number of nitrogens with zero attached hydrogens (tertiary/aromatic N) is 4. The number of rotatable bonds is 4. The van der Waals surface area contributed by atoms with E-state index in [-0.39, 0.29) is 24.9 Å². The van der Waals surface area contributed by atoms with E-state index in [0.717, 1.165) is 0 Å². The molecule has 11 nitrogen and oxygen atoms in total. The zero-order valence-electron chi connectivity index (χ0n) is 20.8. The average Bonchev–Trinajstić information content (AvgIpc) is 3.29. The number of fused-ring (bicyclic) bond motifs is 1. The van der Waals surface area contributed by atoms with Crippen molar-refractivity contribution in [2.24, 2.45) is 23.9 Å². The van der Waals surface area contributed by atoms with Crippen molar-refractivity contribution < 1.29 is 13.9 Å². The molecule has 13 heteroatoms. The molecule has 4 atom stereocenters. The number of benzene rings is 1. The second-order valence-corrected chi connectivity index (χ2v) is 10.3. The third-order valence-corrected chi connectivity index (χ3v) is 7.35. The van der Waals surface area contributed by atoms with E-state index in [2.05, 4.69) is 20.9 Å². The normalized spacial score (nSPS) is 26.0. The largest absolute Gasteiger partial charge is 0.442 e. The minimum atomic E-state index is -0.855. The topological polar surface area (TPSA) is 122 Å². The van der Waals surface area contributed by atoms with E-state index in [1.807, 2.05) is 18.7 Å². The van der Waals surface area contributed by atoms with E-state index in [0.29, 0.717) is 53.2 Å². The van der Waals surface area contributed by atoms with Crippen LogP contribution in [0.5, 0.6) is 0 Å². The van der Waals surface area contributed by atoms with Gasteiger partial charge in [0.25, 0.3) is 0 Å². The quantitative estimate of drug-likeness (QED) is 0.509. The molecule has 0 unspecified atom stereocenters. The second kappa shape index (κ2) is 9.73. The lowest BCUT2D eigenvalue weighted by atomic mass is 9.90. The van der Waals surface area contributed by atoms with Crippen LogP contribution >= 0.6 is 11.6 Å². The Bertz CT molecular complexity index is 1420. The standard InChI is InChI=1S/C24H29ClFN7O4/c1-12-9-32(10-13(2)19(12)26)23-27-8-16(25)20(30-23)29-14-4-5-17-18(6-14)33(22(35)21(34)31(17)3)11-15-7-28-24(36)37-15/h4-6,12-13,15,19,29H,7-11H2,1-3H3,(H,27,30)(H,28,36)/t12-,13+,15-,19-/m0/s1. The minimum absolute atomic E-state index is 0.0319. The maximum Gasteiger partial charge on any atom is 0.407 e. The average molecular weight is 534 g/mol. The fourth-order valence-corrected chi connectivity index (χ4v) is 5.22. The van der Waals surface area contributed by atoms with Gasteiger partial charge in [-0.1, -0.05) is 25.4 Å². The van der Waals surface area contributed by atoms with Gasteiger partial charge in [-0.15, -0.1) is 0 Å². The minimum Gasteiger partial charge on any atom is -0.442 e. The van der Waals surface area contributed by atoms with Gasteiger partial charge in [0.15, 0.2) is 5.82 Å². The Morgan fingerprint density at radius 2 is 1.86 bits per heavy atom. The maximum absolute atomic E-state index is 14.3. The van der Waals surface area contributed by atoms with Crippen molar-refractivity contribution in [2.75, 3.05) is 31.5 Å². The van der Waals surface area contributed by atoms with E-state index >= 15 is 0 Å². The SMILES string of the molecule is C[C@@H]1CN(C2=NC(Nc3ccc4c(c3)n(C[C@@H]3CNC(=O)O3)c(=O)c(=O)n4C)=C(Cl)CN2)C[C@H](C)[C@@H]1F. The predicted octanol–water partition coefficient (Wildman–Crippen LogP) is 1.51. The number of alkyl halides is 1. The Kier molecular flexibility index (Phi) is 6.61. The van der Waals surface area contributed by atoms with Gasteiger partial charge >= 0.3 is 17.2 Å². The maximum atomic E-state index is 14.3. The molecule has 5 rings (SSSR count). The molecule has 37 heavy (non-hydrogen) atoms. The molecule has 0 saturated carbocycles. The van der Waals surface area contributed by atoms with Gasteiger partial charge in [0, 0.05) is 37.7 Å². The van der Waals surface area contributed by atoms with Crippen molar-refractivity contribution in [3.8, 4) is 0 Å². The molecular weight excluding hydrogens is 505 g/mol. The number of hydrogen-bond acceptors (Lipinski definition) is 8. The Morgan fingerprint density at radius 3 is 2.54 bits per heavy atom. The van der Waals surface area contributed by atoms with Crippen LogP contribution in [-0.4, -0.2) is 64.5 Å². The molecule has 198 valence electrons. The highest BCUT2D eigenvalue weighted by molar-refractivity contribution is 6.30. The number of aromatic nitrogens is 2. The fraction of sp³-hybridized carbons (Fsp3) is 0.500. The summed E-state index contributed by atoms with van der Waals surface area (Å²) >= 11 is 6.48. The number of likely N-dealkylation sites (tertiary alicyclic amines) is 1. The zero-order chi connectivity index (χ0) is 26.4. The fourth-order valence-electron chi connectivity index (χ4n) is 5.06. The van der Waals surface area contributed by atoms with Crippen molar-refractivity contribution >= 4 is 40.4 Å². The number of guanidine groups is 1. The van der Waals surface area contributed by atoms with Crippen molar-refractivity contribution in [1.29, 1.82) is 0 Å². The number of aliphatic imine (C=N–C) groups is 1. The highest BCUT2D eigenvalue weighted by Gasteiger charge is 2.34. The summed E-state index contributed by atoms with van der Waals surface area (Å²) in [6, 6.07) is 5.22. The lowest BCUT2D eigenvalue weighted by molar-refractivity contribution is 0.0835. The number of piperidine rings is 1. The van der Waals surface area contributed by atoms with Gasteiger partial charge in [-0.25, -0.2) is 9.18 Å². The van der Waals surface area contributed by atoms with Crippen LogP contribution in [0.4, 0.5) is 14.9 Å². The van der Waals surface area contributed by atoms with Crippen LogP contribution in [0.15, 0.2) is 43.6 Å². The molecule has 0 bridgehead atoms. The summed E-state index contributed by atoms with van der Waals surface area (Å²) in [6.07, 6.45) is -2.00. The first-order chi connectivity index (χ1) is 17.6. The Labute approximate surface area is 216 Å². The zero-order valence-corrected chi connectivity index (χ0v) is 21.5. The molecule has 1 aromatic heterocycles. The molecule has 0 aliphatic carbocycles. The highest BCUT2D eigenvalue weighted by Crippen LogP contribution is 2.27. The summed E-state index contributed by atoms with van der Waals surface area (Å²) in [5.41, 5.74) is 0.239. The molecule has 2 fully saturated rings. The second-order valence-electron chi connectivity index (χ2n) is 9.86. The van der Waals surface area contributed by atoms with Crippen LogP contribution < -0.4 is 27.1 Å². The van der Waals surface area contributed by atoms with Crippen LogP contribution in [0.3, 0.4) is 0 Å². The molecule has 2 aromatic rings. The van der Waals surface area contributed by atoms with E-state index < -0.39 is 29.5 Å². The first kappa shape index (κ1) is 25.1. The number of carbonyl (C=O) groups is 1. The van der Waals surface area contributed by atoms with Gasteiger partial charge in [-0.05, 0) is 18.2 Å². The molecule has 2 saturated heterocycles. The molecule has 1 amide bonds. The van der Waals surface area contributed by atoms with Crippen molar-refractivity contribution in [2.45, 2.75) is 32.7 Å². The van der Waals surface area contributed by atoms with Gasteiger partial charge in [-0.3, -0.25) is 14.2 Å². The van der Waals surface area contributed by atoms with E-state index in [9.17, 15) is 18.8 Å². The first-order valence-electron chi connectivity index (χ1n) is 12.2. The number of carbonyl (C=O) groups excluding carboxylic acids is 1. The number of aryl methyl sites for hydroxylation is 1. The molecule has 3 N–H and O–H groups in total. The summed E-state index contributed by atoms with van der Waals surface area (Å²) in [7, 11) is 1.53. The monoisotopic (exact) mass is 533 g/mol. The smallest absolute Gasteiger partial charge is 0.407 e. The summed E-state index contributed by atoms with van der Waals surface area (Å²) in [5, 5.41) is 9.45. The molecule has 0 radical (unpaired) electrons. The van der Waals surface area contributed by atoms with E-state index in [1.54, 1.807) is 18.2 Å². The Balaban J connectivity index is 1.47. The third kappa shape index (κ3) is 4.77. The van der Waals surface area contributed by atoms with Gasteiger partial charge in [0.2, 0.25) is 5.96 Å². The van der Waals surface area contributed by atoms with E-state index in [1.165, 1.54) is 16.2 Å². The third-order valence-electron chi connectivity index (χ3n) is 7.04. The molecule has 0 spiro atoms. The number of anilines is 1. The first-order valence-corrected chi connectivity index (χ1v) is 12.6. The molecule has 1 aromatic carbocycles. The Hall–Kier alpha value is -3.54. The lowest BCUT2D eigenvalue weighted by Gasteiger charge is -2.40. The summed E-state index contributed by atoms with van der Waals surface area (Å²) in [4.78, 5) is 43.6.